The molecule has 0 saturated carbocycles. The zero-order valence-electron chi connectivity index (χ0n) is 11.7. The molecule has 0 spiro atoms. The van der Waals surface area contributed by atoms with Gasteiger partial charge in [-0.15, -0.1) is 0 Å². The molecular formula is C11H21S8Sb. The molecule has 0 aromatic rings. The van der Waals surface area contributed by atoms with Gasteiger partial charge in [0.05, 0.1) is 0 Å². The number of hydrogen-bond donors (Lipinski definition) is 0. The van der Waals surface area contributed by atoms with Crippen LogP contribution in [0, 0.1) is 0 Å². The van der Waals surface area contributed by atoms with Crippen molar-refractivity contribution in [2.75, 3.05) is 29.8 Å². The SMILES string of the molecule is C[S][Sb]([S]C)([S]C1CCS1)([S]C1CCS1)[S]C1CCS1. The molecule has 3 unspecified atom stereocenters. The summed E-state index contributed by atoms with van der Waals surface area (Å²) in [6.45, 7) is 0. The van der Waals surface area contributed by atoms with Gasteiger partial charge in [-0.3, -0.25) is 0 Å². The quantitative estimate of drug-likeness (QED) is 0.336. The fourth-order valence-electron chi connectivity index (χ4n) is 1.87. The third-order valence-electron chi connectivity index (χ3n) is 3.44. The molecule has 9 heteroatoms. The number of hydrogen-bond acceptors (Lipinski definition) is 8. The third kappa shape index (κ3) is 4.05. The standard InChI is InChI=1S/3C3H6S2.2CH4S.Sb/c3*4-3-1-2-5-3;2*1-2;/h3*3-4H,1-2H2;2*2H,1H3;/q;;;;;+5/p-5. The Labute approximate surface area is 150 Å². The van der Waals surface area contributed by atoms with E-state index in [-0.39, 0.29) is 0 Å². The van der Waals surface area contributed by atoms with Crippen LogP contribution in [0.5, 0.6) is 0 Å². The average Bonchev–Trinajstić information content (AvgIpc) is 2.33. The first-order valence-electron chi connectivity index (χ1n) is 6.73. The summed E-state index contributed by atoms with van der Waals surface area (Å²) in [5.41, 5.74) is 0. The molecule has 0 aromatic heterocycles. The van der Waals surface area contributed by atoms with E-state index in [1.807, 2.05) is 0 Å². The molecule has 3 aliphatic heterocycles. The van der Waals surface area contributed by atoms with Crippen LogP contribution in [0.2, 0.25) is 0 Å². The molecule has 0 bridgehead atoms. The first kappa shape index (κ1) is 18.4. The van der Waals surface area contributed by atoms with Gasteiger partial charge in [0.1, 0.15) is 0 Å². The molecule has 3 fully saturated rings. The summed E-state index contributed by atoms with van der Waals surface area (Å²) in [7, 11) is 9.24. The molecule has 0 nitrogen and oxygen atoms in total. The summed E-state index contributed by atoms with van der Waals surface area (Å²) in [6.07, 6.45) is 9.22. The molecule has 3 aliphatic rings. The molecular weight excluding hydrogens is 510 g/mol. The zero-order valence-corrected chi connectivity index (χ0v) is 20.8. The monoisotopic (exact) mass is 530 g/mol. The topological polar surface area (TPSA) is 0 Å². The predicted molar refractivity (Wildman–Crippen MR) is 118 cm³/mol. The number of thioether (sulfide) groups is 3. The zero-order chi connectivity index (χ0) is 14.1. The Hall–Kier alpha value is 3.62. The van der Waals surface area contributed by atoms with Crippen LogP contribution < -0.4 is 0 Å². The molecule has 0 aromatic carbocycles. The second-order valence-electron chi connectivity index (χ2n) is 4.69. The maximum atomic E-state index is 2.47. The van der Waals surface area contributed by atoms with E-state index in [2.05, 4.69) is 92.0 Å². The van der Waals surface area contributed by atoms with Crippen LogP contribution in [0.4, 0.5) is 0 Å². The van der Waals surface area contributed by atoms with Gasteiger partial charge in [-0.25, -0.2) is 0 Å². The van der Waals surface area contributed by atoms with E-state index in [9.17, 15) is 0 Å². The van der Waals surface area contributed by atoms with Crippen LogP contribution in [0.15, 0.2) is 0 Å². The normalized spacial score (nSPS) is 35.3. The Kier molecular flexibility index (Phi) is 7.26. The Morgan fingerprint density at radius 1 is 0.700 bits per heavy atom. The van der Waals surface area contributed by atoms with E-state index in [0.717, 1.165) is 13.7 Å². The van der Waals surface area contributed by atoms with Gasteiger partial charge in [0.15, 0.2) is 0 Å². The van der Waals surface area contributed by atoms with Gasteiger partial charge in [0, 0.05) is 0 Å². The molecule has 3 saturated heterocycles. The summed E-state index contributed by atoms with van der Waals surface area (Å²) in [5.74, 6) is 4.20. The Morgan fingerprint density at radius 2 is 1.00 bits per heavy atom. The van der Waals surface area contributed by atoms with Crippen LogP contribution in [0.1, 0.15) is 19.3 Å². The minimum atomic E-state index is -2.80. The van der Waals surface area contributed by atoms with Crippen LogP contribution >= 0.6 is 79.5 Å². The molecule has 0 amide bonds. The summed E-state index contributed by atoms with van der Waals surface area (Å²) in [5, 5.41) is 0. The van der Waals surface area contributed by atoms with E-state index in [1.165, 1.54) is 36.5 Å². The van der Waals surface area contributed by atoms with Gasteiger partial charge in [0.25, 0.3) is 0 Å². The van der Waals surface area contributed by atoms with E-state index >= 15 is 0 Å². The minimum absolute atomic E-state index is 0.909. The van der Waals surface area contributed by atoms with Crippen LogP contribution in [-0.4, -0.2) is 53.9 Å². The van der Waals surface area contributed by atoms with Gasteiger partial charge < -0.3 is 0 Å². The fourth-order valence-corrected chi connectivity index (χ4v) is 97.2. The summed E-state index contributed by atoms with van der Waals surface area (Å²) in [4.78, 5) is 0. The van der Waals surface area contributed by atoms with E-state index in [0.29, 0.717) is 0 Å². The molecule has 3 atom stereocenters. The van der Waals surface area contributed by atoms with Crippen molar-refractivity contribution in [2.24, 2.45) is 0 Å². The predicted octanol–water partition coefficient (Wildman–Crippen LogP) is 6.19. The van der Waals surface area contributed by atoms with E-state index in [4.69, 9.17) is 0 Å². The van der Waals surface area contributed by atoms with E-state index in [1.54, 1.807) is 0 Å². The van der Waals surface area contributed by atoms with Crippen LogP contribution in [0.25, 0.3) is 0 Å². The molecule has 0 N–H and O–H groups in total. The van der Waals surface area contributed by atoms with Crippen LogP contribution in [0.3, 0.4) is 0 Å². The number of rotatable bonds is 8. The van der Waals surface area contributed by atoms with Crippen LogP contribution in [-0.2, 0) is 0 Å². The van der Waals surface area contributed by atoms with Gasteiger partial charge in [-0.2, -0.15) is 0 Å². The third-order valence-corrected chi connectivity index (χ3v) is 86.6. The molecule has 118 valence electrons. The van der Waals surface area contributed by atoms with Crippen molar-refractivity contribution in [3.8, 4) is 0 Å². The summed E-state index contributed by atoms with van der Waals surface area (Å²) in [6, 6.07) is 0. The van der Waals surface area contributed by atoms with E-state index < -0.39 is 10.4 Å². The molecule has 0 radical (unpaired) electrons. The molecule has 3 heterocycles. The summed E-state index contributed by atoms with van der Waals surface area (Å²) >= 11 is 6.64. The van der Waals surface area contributed by atoms with Crippen molar-refractivity contribution >= 4 is 89.9 Å². The maximum absolute atomic E-state index is 2.80. The van der Waals surface area contributed by atoms with Crippen molar-refractivity contribution in [1.82, 2.24) is 0 Å². The Morgan fingerprint density at radius 3 is 1.15 bits per heavy atom. The van der Waals surface area contributed by atoms with Gasteiger partial charge in [-0.05, 0) is 0 Å². The fraction of sp³-hybridized carbons (Fsp3) is 1.00. The van der Waals surface area contributed by atoms with Crippen molar-refractivity contribution in [3.05, 3.63) is 0 Å². The molecule has 0 aliphatic carbocycles. The Bertz CT molecular complexity index is 290. The van der Waals surface area contributed by atoms with Gasteiger partial charge in [-0.1, -0.05) is 0 Å². The van der Waals surface area contributed by atoms with Crippen molar-refractivity contribution < 1.29 is 0 Å². The summed E-state index contributed by atoms with van der Waals surface area (Å²) < 4.78 is 2.73. The van der Waals surface area contributed by atoms with Crippen molar-refractivity contribution in [3.63, 3.8) is 0 Å². The second-order valence-corrected chi connectivity index (χ2v) is 68.5. The first-order chi connectivity index (χ1) is 9.67. The van der Waals surface area contributed by atoms with Crippen molar-refractivity contribution in [1.29, 1.82) is 0 Å². The average molecular weight is 532 g/mol. The Balaban J connectivity index is 1.78. The van der Waals surface area contributed by atoms with Gasteiger partial charge >= 0.3 is 153 Å². The molecule has 3 rings (SSSR count). The molecule has 20 heavy (non-hydrogen) atoms. The first-order valence-corrected chi connectivity index (χ1v) is 30.4. The van der Waals surface area contributed by atoms with Gasteiger partial charge in [0.2, 0.25) is 0 Å². The van der Waals surface area contributed by atoms with Crippen molar-refractivity contribution in [2.45, 2.75) is 33.0 Å². The second kappa shape index (κ2) is 7.88.